The number of amides is 8. The van der Waals surface area contributed by atoms with Crippen LogP contribution >= 0.6 is 0 Å². The number of aliphatic hydroxyl groups excluding tert-OH is 2. The molecule has 4 rings (SSSR count). The molecular weight excluding hydrogens is 1180 g/mol. The molecule has 22 N–H and O–H groups in total. The van der Waals surface area contributed by atoms with Crippen molar-refractivity contribution >= 4 is 89.0 Å². The Balaban J connectivity index is 1.31. The summed E-state index contributed by atoms with van der Waals surface area (Å²) in [4.78, 5) is 170. The van der Waals surface area contributed by atoms with Crippen LogP contribution in [0, 0.1) is 17.3 Å². The molecule has 0 saturated heterocycles. The van der Waals surface area contributed by atoms with Gasteiger partial charge in [0.05, 0.1) is 45.6 Å². The molecule has 1 aromatic carbocycles. The van der Waals surface area contributed by atoms with Crippen LogP contribution in [-0.4, -0.2) is 208 Å². The highest BCUT2D eigenvalue weighted by Gasteiger charge is 2.56. The molecular formula is C54H80N14O21. The van der Waals surface area contributed by atoms with Gasteiger partial charge in [-0.3, -0.25) is 62.7 Å². The number of benzene rings is 1. The lowest BCUT2D eigenvalue weighted by atomic mass is 9.55. The molecule has 0 radical (unpaired) electrons. The number of esters is 1. The van der Waals surface area contributed by atoms with Gasteiger partial charge in [-0.2, -0.15) is 0 Å². The van der Waals surface area contributed by atoms with Gasteiger partial charge in [0.1, 0.15) is 48.1 Å². The molecule has 35 nitrogen and oxygen atoms in total. The van der Waals surface area contributed by atoms with Gasteiger partial charge in [0.2, 0.25) is 41.4 Å². The molecule has 35 heteroatoms. The van der Waals surface area contributed by atoms with E-state index in [9.17, 15) is 82.8 Å². The number of nitrogens with two attached hydrogens (primary N) is 4. The number of hydrogen-bond acceptors (Lipinski definition) is 19. The molecule has 0 aliphatic heterocycles. The summed E-state index contributed by atoms with van der Waals surface area (Å²) in [7, 11) is 0. The standard InChI is InChI=1S/C54H80N14O21/c1-54-15-14-29-28-9-7-27(88-25-42(74)64-33(5-3-17-60-53(57)58)47(81)62-22-41(73)66-35(20-44(77)78)49(83)68-37(24-70)51(86)87)18-26(28)6-8-30(29)31(54)10-11-38(54)89-45(79)13-12-39(71)63-32(4-2-16-59-52(55)56)46(80)61-21-40(72)65-34(19-43(75)76)48(82)67-36(23-69)50(84)85/h7,9,18,29-38,69-70H,2-6,8,10-17,19-25H2,1H3,(H,61,80)(H,62,81)(H,63,71)(H,64,74)(H,65,72)(H,66,73)(H,67,82)(H,68,83)(H,75,76)(H,77,78)(H,84,85)(H,86,87)(H4,55,56,59)(H4,57,58,60)/t29-,30-,31+,32+,33+,34+,35+,36+,37+,38+,54+/m1/s1. The van der Waals surface area contributed by atoms with Gasteiger partial charge >= 0.3 is 29.8 Å². The Bertz CT molecular complexity index is 2830. The minimum atomic E-state index is -1.80. The van der Waals surface area contributed by atoms with Crippen molar-refractivity contribution in [2.75, 3.05) is 46.0 Å². The Morgan fingerprint density at radius 1 is 0.596 bits per heavy atom. The first-order chi connectivity index (χ1) is 42.0. The summed E-state index contributed by atoms with van der Waals surface area (Å²) in [6.07, 6.45) is 1.58. The fourth-order valence-corrected chi connectivity index (χ4v) is 11.2. The number of aliphatic imine (C=N–C) groups is 2. The Labute approximate surface area is 509 Å². The SMILES string of the molecule is C[C@]12CC[C@@H]3c4ccc(OCC(=O)N[C@@H](CCCN=C(N)N)C(=O)NCC(=O)N[C@@H](CC(=O)O)C(=O)N[C@@H](CO)C(=O)O)cc4CC[C@H]3[C@@H]1CC[C@@H]2OC(=O)CCC(=O)N[C@@H](CCCN=C(N)N)C(=O)NCC(=O)N[C@@H](CC(=O)O)C(=O)N[C@@H](CO)C(=O)O. The van der Waals surface area contributed by atoms with Crippen LogP contribution in [0.4, 0.5) is 0 Å². The zero-order chi connectivity index (χ0) is 66.1. The Hall–Kier alpha value is -9.41. The first-order valence-electron chi connectivity index (χ1n) is 28.6. The smallest absolute Gasteiger partial charge is 0.328 e. The van der Waals surface area contributed by atoms with Gasteiger partial charge in [0.25, 0.3) is 5.91 Å². The first kappa shape index (κ1) is 72.1. The third-order valence-electron chi connectivity index (χ3n) is 15.5. The number of rotatable bonds is 37. The topological polar surface area (TPSA) is 587 Å². The predicted molar refractivity (Wildman–Crippen MR) is 307 cm³/mol. The second kappa shape index (κ2) is 34.8. The second-order valence-corrected chi connectivity index (χ2v) is 21.8. The molecule has 2 fully saturated rings. The largest absolute Gasteiger partial charge is 0.484 e. The Morgan fingerprint density at radius 3 is 1.56 bits per heavy atom. The number of carbonyl (C=O) groups excluding carboxylic acids is 9. The van der Waals surface area contributed by atoms with Gasteiger partial charge in [-0.25, -0.2) is 9.59 Å². The molecule has 0 heterocycles. The molecule has 8 amide bonds. The quantitative estimate of drug-likeness (QED) is 0.0128. The molecule has 1 aromatic rings. The number of hydrogen-bond donors (Lipinski definition) is 18. The summed E-state index contributed by atoms with van der Waals surface area (Å²) in [5, 5.41) is 73.0. The fourth-order valence-electron chi connectivity index (χ4n) is 11.2. The number of aliphatic carboxylic acids is 4. The van der Waals surface area contributed by atoms with Crippen LogP contribution in [-0.2, 0) is 73.5 Å². The van der Waals surface area contributed by atoms with Gasteiger partial charge < -0.3 is 106 Å². The molecule has 3 aliphatic rings. The van der Waals surface area contributed by atoms with Crippen LogP contribution in [0.15, 0.2) is 28.2 Å². The van der Waals surface area contributed by atoms with Crippen molar-refractivity contribution in [3.63, 3.8) is 0 Å². The number of carboxylic acid groups (broad SMARTS) is 4. The number of carbonyl (C=O) groups is 13. The van der Waals surface area contributed by atoms with Gasteiger partial charge in [0.15, 0.2) is 18.5 Å². The van der Waals surface area contributed by atoms with E-state index in [4.69, 9.17) is 42.6 Å². The van der Waals surface area contributed by atoms with Gasteiger partial charge in [-0.15, -0.1) is 0 Å². The predicted octanol–water partition coefficient (Wildman–Crippen LogP) is -6.03. The maximum atomic E-state index is 13.4. The molecule has 0 bridgehead atoms. The number of nitrogens with zero attached hydrogens (tertiary/aromatic N) is 2. The summed E-state index contributed by atoms with van der Waals surface area (Å²) >= 11 is 0. The van der Waals surface area contributed by atoms with E-state index >= 15 is 0 Å². The Kier molecular flexibility index (Phi) is 28.2. The molecule has 2 saturated carbocycles. The number of aliphatic hydroxyl groups is 2. The van der Waals surface area contributed by atoms with Crippen molar-refractivity contribution in [3.8, 4) is 5.75 Å². The number of carboxylic acids is 4. The van der Waals surface area contributed by atoms with Crippen LogP contribution < -0.4 is 70.2 Å². The number of aryl methyl sites for hydroxylation is 1. The first-order valence-corrected chi connectivity index (χ1v) is 28.6. The van der Waals surface area contributed by atoms with Crippen molar-refractivity contribution in [1.82, 2.24) is 42.5 Å². The van der Waals surface area contributed by atoms with Crippen molar-refractivity contribution < 1.29 is 102 Å². The van der Waals surface area contributed by atoms with Crippen LogP contribution in [0.2, 0.25) is 0 Å². The Morgan fingerprint density at radius 2 is 1.09 bits per heavy atom. The molecule has 11 atom stereocenters. The normalized spacial score (nSPS) is 19.9. The minimum absolute atomic E-state index is 0.0176. The molecule has 0 aromatic heterocycles. The van der Waals surface area contributed by atoms with Crippen LogP contribution in [0.3, 0.4) is 0 Å². The van der Waals surface area contributed by atoms with Crippen molar-refractivity contribution in [1.29, 1.82) is 0 Å². The van der Waals surface area contributed by atoms with Gasteiger partial charge in [-0.1, -0.05) is 13.0 Å². The van der Waals surface area contributed by atoms with Crippen molar-refractivity contribution in [2.24, 2.45) is 50.2 Å². The zero-order valence-corrected chi connectivity index (χ0v) is 48.9. The summed E-state index contributed by atoms with van der Waals surface area (Å²) < 4.78 is 12.0. The lowest BCUT2D eigenvalue weighted by Gasteiger charge is -2.50. The summed E-state index contributed by atoms with van der Waals surface area (Å²) in [5.41, 5.74) is 23.4. The zero-order valence-electron chi connectivity index (χ0n) is 48.9. The van der Waals surface area contributed by atoms with Crippen molar-refractivity contribution in [3.05, 3.63) is 29.3 Å². The monoisotopic (exact) mass is 1260 g/mol. The third-order valence-corrected chi connectivity index (χ3v) is 15.5. The van der Waals surface area contributed by atoms with E-state index in [1.54, 1.807) is 6.07 Å². The van der Waals surface area contributed by atoms with E-state index in [2.05, 4.69) is 48.8 Å². The number of nitrogens with one attached hydrogen (secondary N) is 8. The molecule has 89 heavy (non-hydrogen) atoms. The van der Waals surface area contributed by atoms with E-state index in [0.29, 0.717) is 18.6 Å². The second-order valence-electron chi connectivity index (χ2n) is 21.8. The van der Waals surface area contributed by atoms with Crippen molar-refractivity contribution in [2.45, 2.75) is 145 Å². The molecule has 0 unspecified atom stereocenters. The lowest BCUT2D eigenvalue weighted by Crippen LogP contribution is -2.55. The average Bonchev–Trinajstić information content (AvgIpc) is 1.73. The maximum absolute atomic E-state index is 13.4. The van der Waals surface area contributed by atoms with E-state index in [0.717, 1.165) is 36.8 Å². The number of fused-ring (bicyclic) bond motifs is 5. The van der Waals surface area contributed by atoms with E-state index in [1.165, 1.54) is 0 Å². The summed E-state index contributed by atoms with van der Waals surface area (Å²) in [6, 6.07) is -4.14. The van der Waals surface area contributed by atoms with Gasteiger partial charge in [0, 0.05) is 24.9 Å². The number of guanidine groups is 2. The van der Waals surface area contributed by atoms with Gasteiger partial charge in [-0.05, 0) is 105 Å². The highest BCUT2D eigenvalue weighted by Crippen LogP contribution is 2.61. The number of ether oxygens (including phenoxy) is 2. The van der Waals surface area contributed by atoms with E-state index < -0.39 is 165 Å². The highest BCUT2D eigenvalue weighted by molar-refractivity contribution is 5.97. The fraction of sp³-hybridized carbons (Fsp3) is 0.611. The third kappa shape index (κ3) is 23.0. The van der Waals surface area contributed by atoms with E-state index in [1.807, 2.05) is 22.8 Å². The molecule has 492 valence electrons. The van der Waals surface area contributed by atoms with Crippen LogP contribution in [0.25, 0.3) is 0 Å². The summed E-state index contributed by atoms with van der Waals surface area (Å²) in [5.74, 6) is -14.1. The molecule has 0 spiro atoms. The lowest BCUT2D eigenvalue weighted by molar-refractivity contribution is -0.158. The van der Waals surface area contributed by atoms with E-state index in [-0.39, 0.29) is 86.7 Å². The average molecular weight is 1260 g/mol. The maximum Gasteiger partial charge on any atom is 0.328 e. The summed E-state index contributed by atoms with van der Waals surface area (Å²) in [6.45, 7) is -1.94. The molecule has 3 aliphatic carbocycles. The van der Waals surface area contributed by atoms with Crippen LogP contribution in [0.5, 0.6) is 5.75 Å². The van der Waals surface area contributed by atoms with Crippen LogP contribution in [0.1, 0.15) is 107 Å². The minimum Gasteiger partial charge on any atom is -0.484 e. The highest BCUT2D eigenvalue weighted by atomic mass is 16.5.